The summed E-state index contributed by atoms with van der Waals surface area (Å²) in [7, 11) is 2.01. The molecule has 15 heavy (non-hydrogen) atoms. The molecule has 0 unspecified atom stereocenters. The third-order valence-electron chi connectivity index (χ3n) is 2.43. The van der Waals surface area contributed by atoms with Crippen LogP contribution in [0.4, 0.5) is 0 Å². The number of carbonyl (C=O) groups excluding carboxylic acids is 1. The molecule has 0 heterocycles. The van der Waals surface area contributed by atoms with Crippen molar-refractivity contribution in [2.24, 2.45) is 0 Å². The number of rotatable bonds is 5. The van der Waals surface area contributed by atoms with Crippen LogP contribution in [-0.4, -0.2) is 30.8 Å². The molecule has 0 aliphatic rings. The lowest BCUT2D eigenvalue weighted by atomic mass is 10.1. The highest BCUT2D eigenvalue weighted by atomic mass is 35.5. The first-order valence-corrected chi connectivity index (χ1v) is 5.48. The molecular formula is C12H16ClNO. The van der Waals surface area contributed by atoms with Crippen molar-refractivity contribution >= 4 is 17.4 Å². The fourth-order valence-electron chi connectivity index (χ4n) is 1.23. The van der Waals surface area contributed by atoms with E-state index in [0.29, 0.717) is 11.4 Å². The van der Waals surface area contributed by atoms with E-state index < -0.39 is 0 Å². The second-order valence-electron chi connectivity index (χ2n) is 3.58. The van der Waals surface area contributed by atoms with E-state index in [1.54, 1.807) is 24.3 Å². The van der Waals surface area contributed by atoms with E-state index >= 15 is 0 Å². The average molecular weight is 226 g/mol. The Morgan fingerprint density at radius 2 is 1.93 bits per heavy atom. The molecule has 0 saturated heterocycles. The molecule has 1 aromatic carbocycles. The van der Waals surface area contributed by atoms with Gasteiger partial charge in [-0.15, -0.1) is 0 Å². The Kier molecular flexibility index (Phi) is 4.79. The van der Waals surface area contributed by atoms with Gasteiger partial charge in [-0.1, -0.05) is 18.5 Å². The summed E-state index contributed by atoms with van der Waals surface area (Å²) in [5, 5.41) is 0.664. The molecule has 0 aliphatic heterocycles. The first-order chi connectivity index (χ1) is 7.13. The number of ketones is 1. The number of hydrogen-bond donors (Lipinski definition) is 0. The molecule has 1 rings (SSSR count). The minimum absolute atomic E-state index is 0.173. The summed E-state index contributed by atoms with van der Waals surface area (Å²) in [6, 6.07) is 7.05. The molecule has 0 radical (unpaired) electrons. The predicted molar refractivity (Wildman–Crippen MR) is 63.6 cm³/mol. The maximum absolute atomic E-state index is 11.7. The second kappa shape index (κ2) is 5.89. The Balaban J connectivity index is 2.50. The van der Waals surface area contributed by atoms with Crippen LogP contribution in [0, 0.1) is 0 Å². The number of halogens is 1. The predicted octanol–water partition coefficient (Wildman–Crippen LogP) is 2.86. The van der Waals surface area contributed by atoms with Crippen LogP contribution in [0.2, 0.25) is 5.02 Å². The Bertz CT molecular complexity index is 321. The zero-order chi connectivity index (χ0) is 11.3. The van der Waals surface area contributed by atoms with E-state index in [0.717, 1.165) is 18.7 Å². The summed E-state index contributed by atoms with van der Waals surface area (Å²) in [5.41, 5.74) is 0.740. The van der Waals surface area contributed by atoms with E-state index in [9.17, 15) is 4.79 Å². The molecule has 1 aromatic rings. The molecular weight excluding hydrogens is 210 g/mol. The van der Waals surface area contributed by atoms with Crippen molar-refractivity contribution in [3.8, 4) is 0 Å². The van der Waals surface area contributed by atoms with Crippen LogP contribution < -0.4 is 0 Å². The third kappa shape index (κ3) is 4.02. The number of Topliss-reactive ketones (excluding diaryl/α,β-unsaturated/α-hetero) is 1. The lowest BCUT2D eigenvalue weighted by Gasteiger charge is -2.12. The smallest absolute Gasteiger partial charge is 0.164 e. The topological polar surface area (TPSA) is 20.3 Å². The highest BCUT2D eigenvalue weighted by molar-refractivity contribution is 6.30. The van der Waals surface area contributed by atoms with E-state index in [4.69, 9.17) is 11.6 Å². The first-order valence-electron chi connectivity index (χ1n) is 5.10. The summed E-state index contributed by atoms with van der Waals surface area (Å²) < 4.78 is 0. The maximum atomic E-state index is 11.7. The van der Waals surface area contributed by atoms with Crippen molar-refractivity contribution < 1.29 is 4.79 Å². The molecule has 0 aromatic heterocycles. The van der Waals surface area contributed by atoms with Crippen LogP contribution in [0.15, 0.2) is 24.3 Å². The van der Waals surface area contributed by atoms with Crippen LogP contribution in [0.1, 0.15) is 23.7 Å². The number of hydrogen-bond acceptors (Lipinski definition) is 2. The lowest BCUT2D eigenvalue weighted by molar-refractivity contribution is 0.0970. The van der Waals surface area contributed by atoms with Gasteiger partial charge in [0.15, 0.2) is 5.78 Å². The highest BCUT2D eigenvalue weighted by Crippen LogP contribution is 2.11. The normalized spacial score (nSPS) is 10.7. The summed E-state index contributed by atoms with van der Waals surface area (Å²) in [6.45, 7) is 3.85. The minimum atomic E-state index is 0.173. The SMILES string of the molecule is CCN(C)CCC(=O)c1ccc(Cl)cc1. The van der Waals surface area contributed by atoms with Crippen LogP contribution in [0.3, 0.4) is 0 Å². The van der Waals surface area contributed by atoms with Gasteiger partial charge in [-0.25, -0.2) is 0 Å². The van der Waals surface area contributed by atoms with Gasteiger partial charge in [0.05, 0.1) is 0 Å². The zero-order valence-corrected chi connectivity index (χ0v) is 9.92. The Hall–Kier alpha value is -0.860. The quantitative estimate of drug-likeness (QED) is 0.719. The zero-order valence-electron chi connectivity index (χ0n) is 9.16. The standard InChI is InChI=1S/C12H16ClNO/c1-3-14(2)9-8-12(15)10-4-6-11(13)7-5-10/h4-7H,3,8-9H2,1-2H3. The molecule has 0 N–H and O–H groups in total. The number of carbonyl (C=O) groups is 1. The monoisotopic (exact) mass is 225 g/mol. The van der Waals surface area contributed by atoms with Crippen LogP contribution in [-0.2, 0) is 0 Å². The second-order valence-corrected chi connectivity index (χ2v) is 4.01. The molecule has 0 saturated carbocycles. The summed E-state index contributed by atoms with van der Waals surface area (Å²) >= 11 is 5.75. The van der Waals surface area contributed by atoms with Crippen molar-refractivity contribution in [3.63, 3.8) is 0 Å². The summed E-state index contributed by atoms with van der Waals surface area (Å²) in [4.78, 5) is 13.8. The lowest BCUT2D eigenvalue weighted by Crippen LogP contribution is -2.21. The Morgan fingerprint density at radius 1 is 1.33 bits per heavy atom. The highest BCUT2D eigenvalue weighted by Gasteiger charge is 2.06. The van der Waals surface area contributed by atoms with Crippen molar-refractivity contribution in [2.75, 3.05) is 20.1 Å². The molecule has 82 valence electrons. The molecule has 2 nitrogen and oxygen atoms in total. The minimum Gasteiger partial charge on any atom is -0.306 e. The van der Waals surface area contributed by atoms with Gasteiger partial charge in [0.2, 0.25) is 0 Å². The van der Waals surface area contributed by atoms with Gasteiger partial charge < -0.3 is 4.90 Å². The molecule has 0 amide bonds. The number of nitrogens with zero attached hydrogens (tertiary/aromatic N) is 1. The Labute approximate surface area is 95.8 Å². The fraction of sp³-hybridized carbons (Fsp3) is 0.417. The van der Waals surface area contributed by atoms with Crippen LogP contribution in [0.25, 0.3) is 0 Å². The van der Waals surface area contributed by atoms with Crippen molar-refractivity contribution in [1.82, 2.24) is 4.90 Å². The van der Waals surface area contributed by atoms with Gasteiger partial charge >= 0.3 is 0 Å². The van der Waals surface area contributed by atoms with Crippen LogP contribution in [0.5, 0.6) is 0 Å². The van der Waals surface area contributed by atoms with Gasteiger partial charge in [0.1, 0.15) is 0 Å². The fourth-order valence-corrected chi connectivity index (χ4v) is 1.36. The molecule has 0 bridgehead atoms. The molecule has 0 spiro atoms. The van der Waals surface area contributed by atoms with Gasteiger partial charge in [-0.05, 0) is 37.9 Å². The van der Waals surface area contributed by atoms with Crippen molar-refractivity contribution in [3.05, 3.63) is 34.9 Å². The van der Waals surface area contributed by atoms with Crippen molar-refractivity contribution in [1.29, 1.82) is 0 Å². The summed E-state index contributed by atoms with van der Waals surface area (Å²) in [5.74, 6) is 0.173. The molecule has 0 fully saturated rings. The first kappa shape index (κ1) is 12.2. The van der Waals surface area contributed by atoms with E-state index in [-0.39, 0.29) is 5.78 Å². The van der Waals surface area contributed by atoms with Gasteiger partial charge in [0, 0.05) is 23.6 Å². The maximum Gasteiger partial charge on any atom is 0.164 e. The average Bonchev–Trinajstić information content (AvgIpc) is 2.26. The van der Waals surface area contributed by atoms with E-state index in [1.165, 1.54) is 0 Å². The largest absolute Gasteiger partial charge is 0.306 e. The van der Waals surface area contributed by atoms with E-state index in [2.05, 4.69) is 11.8 Å². The molecule has 0 aliphatic carbocycles. The van der Waals surface area contributed by atoms with Gasteiger partial charge in [-0.2, -0.15) is 0 Å². The van der Waals surface area contributed by atoms with Crippen LogP contribution >= 0.6 is 11.6 Å². The summed E-state index contributed by atoms with van der Waals surface area (Å²) in [6.07, 6.45) is 0.561. The molecule has 3 heteroatoms. The van der Waals surface area contributed by atoms with E-state index in [1.807, 2.05) is 7.05 Å². The van der Waals surface area contributed by atoms with Crippen molar-refractivity contribution in [2.45, 2.75) is 13.3 Å². The third-order valence-corrected chi connectivity index (χ3v) is 2.68. The van der Waals surface area contributed by atoms with Gasteiger partial charge in [0.25, 0.3) is 0 Å². The molecule has 0 atom stereocenters. The number of benzene rings is 1. The van der Waals surface area contributed by atoms with Gasteiger partial charge in [-0.3, -0.25) is 4.79 Å². The Morgan fingerprint density at radius 3 is 2.47 bits per heavy atom.